The number of carbonyl (C=O) groups is 1. The molecule has 0 spiro atoms. The number of para-hydroxylation sites is 3. The number of hydrogen-bond donors (Lipinski definition) is 0. The average molecular weight is 325 g/mol. The molecule has 2 aromatic carbocycles. The molecule has 116 valence electrons. The maximum absolute atomic E-state index is 12.0. The second-order valence-corrected chi connectivity index (χ2v) is 5.72. The second kappa shape index (κ2) is 7.07. The molecule has 0 saturated heterocycles. The molecule has 4 nitrogen and oxygen atoms in total. The monoisotopic (exact) mass is 325 g/mol. The van der Waals surface area contributed by atoms with E-state index in [-0.39, 0.29) is 0 Å². The summed E-state index contributed by atoms with van der Waals surface area (Å²) in [5, 5.41) is 0.765. The molecule has 0 saturated carbocycles. The Morgan fingerprint density at radius 3 is 2.65 bits per heavy atom. The van der Waals surface area contributed by atoms with Gasteiger partial charge in [0.25, 0.3) is 0 Å². The maximum Gasteiger partial charge on any atom is 0.336 e. The van der Waals surface area contributed by atoms with E-state index in [0.29, 0.717) is 18.1 Å². The molecule has 0 bridgehead atoms. The van der Waals surface area contributed by atoms with Crippen LogP contribution in [0.3, 0.4) is 0 Å². The number of esters is 1. The summed E-state index contributed by atoms with van der Waals surface area (Å²) in [5.74, 6) is 0.501. The van der Waals surface area contributed by atoms with Gasteiger partial charge in [-0.1, -0.05) is 24.3 Å². The van der Waals surface area contributed by atoms with Crippen LogP contribution in [0.4, 0.5) is 0 Å². The zero-order valence-corrected chi connectivity index (χ0v) is 13.4. The molecule has 0 fully saturated rings. The third-order valence-corrected chi connectivity index (χ3v) is 4.03. The Balaban J connectivity index is 1.71. The average Bonchev–Trinajstić information content (AvgIpc) is 2.98. The van der Waals surface area contributed by atoms with Gasteiger partial charge in [-0.3, -0.25) is 0 Å². The first-order valence-corrected chi connectivity index (χ1v) is 8.05. The summed E-state index contributed by atoms with van der Waals surface area (Å²) in [6.07, 6.45) is 3.04. The van der Waals surface area contributed by atoms with Crippen molar-refractivity contribution in [1.82, 2.24) is 4.98 Å². The minimum atomic E-state index is -0.462. The quantitative estimate of drug-likeness (QED) is 0.398. The first kappa shape index (κ1) is 15.2. The van der Waals surface area contributed by atoms with Crippen molar-refractivity contribution in [2.24, 2.45) is 0 Å². The molecule has 0 N–H and O–H groups in total. The van der Waals surface area contributed by atoms with Gasteiger partial charge in [0.15, 0.2) is 11.5 Å². The van der Waals surface area contributed by atoms with E-state index in [1.807, 2.05) is 37.3 Å². The van der Waals surface area contributed by atoms with E-state index in [4.69, 9.17) is 9.47 Å². The van der Waals surface area contributed by atoms with Crippen LogP contribution in [0.15, 0.2) is 54.6 Å². The molecular weight excluding hydrogens is 310 g/mol. The molecule has 5 heteroatoms. The van der Waals surface area contributed by atoms with Crippen molar-refractivity contribution in [3.8, 4) is 11.5 Å². The standard InChI is InChI=1S/C18H15NO3S/c1-2-21-14-8-4-5-9-15(14)22-18(20)12-11-17-19-13-7-3-6-10-16(13)23-17/h3-12H,2H2,1H3/b12-11+. The van der Waals surface area contributed by atoms with Gasteiger partial charge in [0.1, 0.15) is 5.01 Å². The van der Waals surface area contributed by atoms with Gasteiger partial charge < -0.3 is 9.47 Å². The predicted molar refractivity (Wildman–Crippen MR) is 91.9 cm³/mol. The van der Waals surface area contributed by atoms with Crippen LogP contribution in [0.5, 0.6) is 11.5 Å². The Labute approximate surface area is 138 Å². The summed E-state index contributed by atoms with van der Waals surface area (Å²) in [6.45, 7) is 2.39. The Bertz CT molecular complexity index is 821. The first-order chi connectivity index (χ1) is 11.3. The van der Waals surface area contributed by atoms with Gasteiger partial charge >= 0.3 is 5.97 Å². The number of ether oxygens (including phenoxy) is 2. The Morgan fingerprint density at radius 2 is 1.87 bits per heavy atom. The number of carbonyl (C=O) groups excluding carboxylic acids is 1. The highest BCUT2D eigenvalue weighted by molar-refractivity contribution is 7.19. The molecule has 0 radical (unpaired) electrons. The van der Waals surface area contributed by atoms with Crippen molar-refractivity contribution in [3.63, 3.8) is 0 Å². The first-order valence-electron chi connectivity index (χ1n) is 7.23. The van der Waals surface area contributed by atoms with Crippen LogP contribution in [0.1, 0.15) is 11.9 Å². The van der Waals surface area contributed by atoms with Crippen LogP contribution >= 0.6 is 11.3 Å². The summed E-state index contributed by atoms with van der Waals surface area (Å²) in [4.78, 5) is 16.4. The van der Waals surface area contributed by atoms with E-state index in [1.165, 1.54) is 17.4 Å². The minimum Gasteiger partial charge on any atom is -0.490 e. The van der Waals surface area contributed by atoms with E-state index >= 15 is 0 Å². The van der Waals surface area contributed by atoms with E-state index in [0.717, 1.165) is 15.2 Å². The lowest BCUT2D eigenvalue weighted by Crippen LogP contribution is -2.05. The lowest BCUT2D eigenvalue weighted by atomic mass is 10.3. The third kappa shape index (κ3) is 3.76. The summed E-state index contributed by atoms with van der Waals surface area (Å²) in [5.41, 5.74) is 0.923. The molecule has 3 aromatic rings. The van der Waals surface area contributed by atoms with Crippen LogP contribution in [0.2, 0.25) is 0 Å². The molecule has 0 aliphatic rings. The van der Waals surface area contributed by atoms with Gasteiger partial charge in [0.2, 0.25) is 0 Å². The van der Waals surface area contributed by atoms with Crippen LogP contribution in [0.25, 0.3) is 16.3 Å². The highest BCUT2D eigenvalue weighted by Gasteiger charge is 2.07. The van der Waals surface area contributed by atoms with Crippen molar-refractivity contribution >= 4 is 33.6 Å². The number of benzene rings is 2. The highest BCUT2D eigenvalue weighted by Crippen LogP contribution is 2.27. The topological polar surface area (TPSA) is 48.4 Å². The molecule has 0 unspecified atom stereocenters. The molecule has 1 aromatic heterocycles. The zero-order valence-electron chi connectivity index (χ0n) is 12.6. The van der Waals surface area contributed by atoms with Gasteiger partial charge in [-0.2, -0.15) is 0 Å². The van der Waals surface area contributed by atoms with Crippen molar-refractivity contribution < 1.29 is 14.3 Å². The Morgan fingerprint density at radius 1 is 1.13 bits per heavy atom. The summed E-state index contributed by atoms with van der Waals surface area (Å²) in [7, 11) is 0. The van der Waals surface area contributed by atoms with Crippen molar-refractivity contribution in [1.29, 1.82) is 0 Å². The van der Waals surface area contributed by atoms with Crippen LogP contribution < -0.4 is 9.47 Å². The van der Waals surface area contributed by atoms with Gasteiger partial charge in [-0.15, -0.1) is 11.3 Å². The van der Waals surface area contributed by atoms with Crippen LogP contribution in [-0.2, 0) is 4.79 Å². The largest absolute Gasteiger partial charge is 0.490 e. The Hall–Kier alpha value is -2.66. The number of thiazole rings is 1. The van der Waals surface area contributed by atoms with Crippen molar-refractivity contribution in [2.45, 2.75) is 6.92 Å². The molecular formula is C18H15NO3S. The van der Waals surface area contributed by atoms with Gasteiger partial charge in [-0.05, 0) is 37.3 Å². The normalized spacial score (nSPS) is 11.0. The number of hydrogen-bond acceptors (Lipinski definition) is 5. The number of nitrogens with zero attached hydrogens (tertiary/aromatic N) is 1. The second-order valence-electron chi connectivity index (χ2n) is 4.65. The molecule has 0 aliphatic carbocycles. The fourth-order valence-corrected chi connectivity index (χ4v) is 2.92. The van der Waals surface area contributed by atoms with E-state index in [1.54, 1.807) is 24.3 Å². The number of fused-ring (bicyclic) bond motifs is 1. The maximum atomic E-state index is 12.0. The molecule has 0 amide bonds. The number of rotatable bonds is 5. The van der Waals surface area contributed by atoms with Crippen LogP contribution in [0, 0.1) is 0 Å². The summed E-state index contributed by atoms with van der Waals surface area (Å²) in [6, 6.07) is 14.9. The van der Waals surface area contributed by atoms with Gasteiger partial charge in [-0.25, -0.2) is 9.78 Å². The SMILES string of the molecule is CCOc1ccccc1OC(=O)/C=C/c1nc2ccccc2s1. The Kier molecular flexibility index (Phi) is 4.68. The highest BCUT2D eigenvalue weighted by atomic mass is 32.1. The fourth-order valence-electron chi connectivity index (χ4n) is 2.05. The summed E-state index contributed by atoms with van der Waals surface area (Å²) < 4.78 is 11.8. The predicted octanol–water partition coefficient (Wildman–Crippen LogP) is 4.31. The minimum absolute atomic E-state index is 0.410. The molecule has 0 atom stereocenters. The third-order valence-electron chi connectivity index (χ3n) is 3.03. The van der Waals surface area contributed by atoms with E-state index in [9.17, 15) is 4.79 Å². The van der Waals surface area contributed by atoms with Gasteiger partial charge in [0, 0.05) is 6.08 Å². The summed E-state index contributed by atoms with van der Waals surface area (Å²) >= 11 is 1.53. The van der Waals surface area contributed by atoms with E-state index in [2.05, 4.69) is 4.98 Å². The van der Waals surface area contributed by atoms with Crippen molar-refractivity contribution in [3.05, 3.63) is 59.6 Å². The fraction of sp³-hybridized carbons (Fsp3) is 0.111. The lowest BCUT2D eigenvalue weighted by molar-refractivity contribution is -0.129. The van der Waals surface area contributed by atoms with Crippen LogP contribution in [-0.4, -0.2) is 17.6 Å². The zero-order chi connectivity index (χ0) is 16.1. The molecule has 1 heterocycles. The van der Waals surface area contributed by atoms with Crippen molar-refractivity contribution in [2.75, 3.05) is 6.61 Å². The van der Waals surface area contributed by atoms with E-state index < -0.39 is 5.97 Å². The smallest absolute Gasteiger partial charge is 0.336 e. The molecule has 23 heavy (non-hydrogen) atoms. The molecule has 0 aliphatic heterocycles. The number of aromatic nitrogens is 1. The van der Waals surface area contributed by atoms with Gasteiger partial charge in [0.05, 0.1) is 16.8 Å². The molecule has 3 rings (SSSR count). The lowest BCUT2D eigenvalue weighted by Gasteiger charge is -2.08.